The fraction of sp³-hybridized carbons (Fsp3) is 0. The van der Waals surface area contributed by atoms with Crippen molar-refractivity contribution in [2.24, 2.45) is 0 Å². The monoisotopic (exact) mass is 862 g/mol. The van der Waals surface area contributed by atoms with Crippen molar-refractivity contribution < 1.29 is 47.8 Å². The van der Waals surface area contributed by atoms with Crippen LogP contribution in [0.25, 0.3) is 64.6 Å². The topological polar surface area (TPSA) is 0 Å². The zero-order valence-electron chi connectivity index (χ0n) is 27.2. The van der Waals surface area contributed by atoms with Crippen LogP contribution < -0.4 is 35.2 Å². The molecule has 240 valence electrons. The van der Waals surface area contributed by atoms with Gasteiger partial charge < -0.3 is 24.8 Å². The molecule has 0 fully saturated rings. The van der Waals surface area contributed by atoms with E-state index in [2.05, 4.69) is 194 Å². The van der Waals surface area contributed by atoms with Gasteiger partial charge in [-0.3, -0.25) is 0 Å². The van der Waals surface area contributed by atoms with Gasteiger partial charge in [0.05, 0.1) is 0 Å². The van der Waals surface area contributed by atoms with E-state index in [1.54, 1.807) is 0 Å². The summed E-state index contributed by atoms with van der Waals surface area (Å²) in [5.74, 6) is 0. The summed E-state index contributed by atoms with van der Waals surface area (Å²) < 4.78 is 0. The third-order valence-electron chi connectivity index (χ3n) is 9.21. The molecule has 10 aromatic rings. The van der Waals surface area contributed by atoms with Gasteiger partial charge in [0.2, 0.25) is 0 Å². The molecule has 0 unspecified atom stereocenters. The fourth-order valence-corrected chi connectivity index (χ4v) is 11.9. The van der Waals surface area contributed by atoms with E-state index in [4.69, 9.17) is 0 Å². The Hall–Kier alpha value is -4.31. The number of rotatable bonds is 2. The van der Waals surface area contributed by atoms with Crippen LogP contribution in [0.2, 0.25) is 0 Å². The molecule has 0 heterocycles. The van der Waals surface area contributed by atoms with Gasteiger partial charge in [-0.15, -0.1) is 33.7 Å². The molecule has 0 aliphatic carbocycles. The molecule has 10 rings (SSSR count). The maximum atomic E-state index is 2.26. The Bertz CT molecular complexity index is 2370. The van der Waals surface area contributed by atoms with Crippen LogP contribution in [-0.4, -0.2) is 5.49 Å². The molecule has 0 nitrogen and oxygen atoms in total. The standard InChI is InChI=1S/2C17H11.C12H10Si.2ClH.Hf/c2*1-3-8-14-12(6-1)13-7-2-4-9-15(13)17-11-5-10-16(14)17;1-3-7-11(8-4-1)13-12-9-5-2-6-10-12;;;/h2*1-11H;1-10H;2*1H;/q2*-1;;;;+2/p-2. The Morgan fingerprint density at radius 2 is 0.540 bits per heavy atom. The van der Waals surface area contributed by atoms with Crippen LogP contribution in [0.3, 0.4) is 0 Å². The van der Waals surface area contributed by atoms with Gasteiger partial charge in [0.15, 0.2) is 0 Å². The molecule has 4 heteroatoms. The molecule has 0 aliphatic rings. The first-order valence-corrected chi connectivity index (χ1v) is 23.3. The van der Waals surface area contributed by atoms with Crippen LogP contribution in [0.4, 0.5) is 0 Å². The fourth-order valence-electron chi connectivity index (χ4n) is 6.97. The molecule has 0 saturated heterocycles. The molecule has 0 aromatic heterocycles. The van der Waals surface area contributed by atoms with Crippen molar-refractivity contribution in [3.63, 3.8) is 0 Å². The molecule has 0 bridgehead atoms. The zero-order chi connectivity index (χ0) is 32.3. The second-order valence-electron chi connectivity index (χ2n) is 12.0. The van der Waals surface area contributed by atoms with Crippen LogP contribution >= 0.6 is 0 Å². The first-order valence-electron chi connectivity index (χ1n) is 16.4. The second kappa shape index (κ2) is 16.1. The first-order chi connectivity index (χ1) is 23.8. The normalized spacial score (nSPS) is 10.6. The minimum absolute atomic E-state index is 0. The molecule has 0 N–H and O–H groups in total. The Labute approximate surface area is 320 Å². The van der Waals surface area contributed by atoms with Gasteiger partial charge in [-0.05, 0) is 10.8 Å². The summed E-state index contributed by atoms with van der Waals surface area (Å²) in [6, 6.07) is 69.5. The van der Waals surface area contributed by atoms with Crippen molar-refractivity contribution in [2.45, 2.75) is 0 Å². The Morgan fingerprint density at radius 3 is 0.860 bits per heavy atom. The van der Waals surface area contributed by atoms with Crippen LogP contribution in [0.1, 0.15) is 0 Å². The third kappa shape index (κ3) is 6.86. The average Bonchev–Trinajstić information content (AvgIpc) is 3.88. The van der Waals surface area contributed by atoms with Gasteiger partial charge in [0.1, 0.15) is 0 Å². The minimum Gasteiger partial charge on any atom is -0.168 e. The van der Waals surface area contributed by atoms with E-state index in [1.165, 1.54) is 98.0 Å². The van der Waals surface area contributed by atoms with Gasteiger partial charge in [-0.2, -0.15) is 24.3 Å². The number of hydrogen-bond donors (Lipinski definition) is 0. The van der Waals surface area contributed by atoms with E-state index >= 15 is 0 Å². The molecular formula is C46H32Cl2HfSi-2. The molecule has 0 spiro atoms. The van der Waals surface area contributed by atoms with E-state index in [-0.39, 0.29) is 24.8 Å². The quantitative estimate of drug-likeness (QED) is 0.130. The van der Waals surface area contributed by atoms with E-state index in [0.29, 0.717) is 0 Å². The average molecular weight is 862 g/mol. The Balaban J connectivity index is 0.000000128. The van der Waals surface area contributed by atoms with E-state index in [0.717, 1.165) is 0 Å². The molecule has 0 amide bonds. The van der Waals surface area contributed by atoms with Gasteiger partial charge in [-0.1, -0.05) is 129 Å². The molecule has 0 radical (unpaired) electrons. The van der Waals surface area contributed by atoms with Crippen LogP contribution in [0.15, 0.2) is 194 Å². The van der Waals surface area contributed by atoms with Gasteiger partial charge in [0.25, 0.3) is 0 Å². The summed E-state index contributed by atoms with van der Waals surface area (Å²) in [4.78, 5) is 0. The predicted molar refractivity (Wildman–Crippen MR) is 207 cm³/mol. The minimum atomic E-state index is -0.406. The Kier molecular flexibility index (Phi) is 11.5. The van der Waals surface area contributed by atoms with Gasteiger partial charge in [0, 0.05) is 0 Å². The largest absolute Gasteiger partial charge is 0.168 e. The number of benzene rings is 8. The van der Waals surface area contributed by atoms with Crippen LogP contribution in [0.5, 0.6) is 0 Å². The molecule has 0 aliphatic heterocycles. The third-order valence-corrected chi connectivity index (χ3v) is 17.3. The summed E-state index contributed by atoms with van der Waals surface area (Å²) in [6.07, 6.45) is 0. The smallest absolute Gasteiger partial charge is 0.0293 e. The maximum Gasteiger partial charge on any atom is -0.0293 e. The van der Waals surface area contributed by atoms with E-state index in [9.17, 15) is 0 Å². The summed E-state index contributed by atoms with van der Waals surface area (Å²) in [5.41, 5.74) is -0.406. The summed E-state index contributed by atoms with van der Waals surface area (Å²) in [7, 11) is 0. The second-order valence-corrected chi connectivity index (χ2v) is 19.3. The molecule has 50 heavy (non-hydrogen) atoms. The number of hydrogen-bond acceptors (Lipinski definition) is 0. The summed E-state index contributed by atoms with van der Waals surface area (Å²) >= 11 is 1.27. The van der Waals surface area contributed by atoms with E-state index in [1.807, 2.05) is 0 Å². The Morgan fingerprint density at radius 1 is 0.300 bits per heavy atom. The number of halogens is 2. The first kappa shape index (κ1) is 35.5. The maximum absolute atomic E-state index is 2.26. The van der Waals surface area contributed by atoms with Crippen molar-refractivity contribution >= 4 is 80.5 Å². The number of fused-ring (bicyclic) bond motifs is 12. The summed E-state index contributed by atoms with van der Waals surface area (Å²) in [6.45, 7) is 0. The van der Waals surface area contributed by atoms with Crippen molar-refractivity contribution in [1.29, 1.82) is 0 Å². The van der Waals surface area contributed by atoms with Crippen molar-refractivity contribution in [3.8, 4) is 0 Å². The van der Waals surface area contributed by atoms with Gasteiger partial charge >= 0.3 is 99.5 Å². The van der Waals surface area contributed by atoms with E-state index < -0.39 is 5.49 Å². The van der Waals surface area contributed by atoms with Crippen LogP contribution in [0, 0.1) is 0 Å². The van der Waals surface area contributed by atoms with Gasteiger partial charge in [-0.25, -0.2) is 0 Å². The molecule has 0 atom stereocenters. The SMILES string of the molecule is [Cl-].[Cl-].[Hf+2]=[Si](c1ccccc1)c1ccccc1.c1ccc2c(c1)c1ccccc1c1[cH-]ccc21.c1ccc2c(c1)c1ccccc1c1[cH-]ccc21. The zero-order valence-corrected chi connectivity index (χ0v) is 33.3. The molecular weight excluding hydrogens is 830 g/mol. The molecule has 10 aromatic carbocycles. The van der Waals surface area contributed by atoms with Crippen LogP contribution in [-0.2, 0) is 23.0 Å². The van der Waals surface area contributed by atoms with Crippen molar-refractivity contribution in [3.05, 3.63) is 194 Å². The molecule has 0 saturated carbocycles. The summed E-state index contributed by atoms with van der Waals surface area (Å²) in [5, 5.41) is 19.3. The van der Waals surface area contributed by atoms with Crippen molar-refractivity contribution in [1.82, 2.24) is 0 Å². The van der Waals surface area contributed by atoms with Crippen molar-refractivity contribution in [2.75, 3.05) is 0 Å². The predicted octanol–water partition coefficient (Wildman–Crippen LogP) is 5.08.